The Balaban J connectivity index is 1.70. The smallest absolute Gasteiger partial charge is 0.247 e. The van der Waals surface area contributed by atoms with Crippen LogP contribution in [0, 0.1) is 11.8 Å². The number of carbonyl (C=O) groups excluding carboxylic acids is 3. The molecular formula is C28H43N3O4S. The van der Waals surface area contributed by atoms with Crippen LogP contribution in [0.25, 0.3) is 0 Å². The zero-order valence-corrected chi connectivity index (χ0v) is 22.6. The lowest BCUT2D eigenvalue weighted by molar-refractivity contribution is -0.145. The van der Waals surface area contributed by atoms with Gasteiger partial charge in [-0.05, 0) is 38.5 Å². The quantitative estimate of drug-likeness (QED) is 0.402. The van der Waals surface area contributed by atoms with Crippen LogP contribution >= 0.6 is 11.8 Å². The van der Waals surface area contributed by atoms with Gasteiger partial charge in [-0.2, -0.15) is 0 Å². The van der Waals surface area contributed by atoms with Crippen LogP contribution in [0.15, 0.2) is 25.3 Å². The van der Waals surface area contributed by atoms with E-state index in [1.807, 2.05) is 16.7 Å². The maximum atomic E-state index is 14.4. The van der Waals surface area contributed by atoms with E-state index in [1.165, 1.54) is 6.42 Å². The second-order valence-corrected chi connectivity index (χ2v) is 12.4. The highest BCUT2D eigenvalue weighted by atomic mass is 32.2. The number of amides is 3. The van der Waals surface area contributed by atoms with E-state index < -0.39 is 22.6 Å². The molecular weight excluding hydrogens is 474 g/mol. The Morgan fingerprint density at radius 1 is 1.14 bits per heavy atom. The van der Waals surface area contributed by atoms with Crippen molar-refractivity contribution in [3.05, 3.63) is 25.3 Å². The van der Waals surface area contributed by atoms with Gasteiger partial charge in [-0.25, -0.2) is 0 Å². The van der Waals surface area contributed by atoms with Crippen molar-refractivity contribution in [2.75, 3.05) is 32.8 Å². The fourth-order valence-corrected chi connectivity index (χ4v) is 9.44. The Morgan fingerprint density at radius 3 is 2.50 bits per heavy atom. The van der Waals surface area contributed by atoms with E-state index in [0.29, 0.717) is 32.6 Å². The Labute approximate surface area is 220 Å². The Hall–Kier alpha value is -1.80. The molecule has 0 aromatic carbocycles. The summed E-state index contributed by atoms with van der Waals surface area (Å²) in [5.41, 5.74) is 0. The monoisotopic (exact) mass is 517 g/mol. The van der Waals surface area contributed by atoms with Crippen molar-refractivity contribution in [2.45, 2.75) is 86.8 Å². The number of aliphatic hydroxyl groups is 1. The topological polar surface area (TPSA) is 81.2 Å². The number of carbonyl (C=O) groups is 3. The molecule has 1 spiro atoms. The molecule has 5 atom stereocenters. The molecule has 4 rings (SSSR count). The predicted molar refractivity (Wildman–Crippen MR) is 143 cm³/mol. The van der Waals surface area contributed by atoms with E-state index in [-0.39, 0.29) is 35.6 Å². The molecule has 3 amide bonds. The summed E-state index contributed by atoms with van der Waals surface area (Å²) in [4.78, 5) is 47.8. The zero-order chi connectivity index (χ0) is 25.9. The van der Waals surface area contributed by atoms with Gasteiger partial charge in [0.15, 0.2) is 0 Å². The van der Waals surface area contributed by atoms with Crippen molar-refractivity contribution >= 4 is 29.5 Å². The molecule has 3 aliphatic heterocycles. The van der Waals surface area contributed by atoms with Crippen LogP contribution in [0.3, 0.4) is 0 Å². The minimum Gasteiger partial charge on any atom is -0.396 e. The number of rotatable bonds is 12. The number of thioether (sulfide) groups is 1. The third kappa shape index (κ3) is 4.64. The first kappa shape index (κ1) is 27.2. The molecule has 8 heteroatoms. The van der Waals surface area contributed by atoms with E-state index in [9.17, 15) is 19.5 Å². The van der Waals surface area contributed by atoms with Crippen molar-refractivity contribution in [1.82, 2.24) is 14.7 Å². The molecule has 7 nitrogen and oxygen atoms in total. The molecule has 4 aliphatic rings. The highest BCUT2D eigenvalue weighted by molar-refractivity contribution is 8.02. The molecule has 36 heavy (non-hydrogen) atoms. The highest BCUT2D eigenvalue weighted by Crippen LogP contribution is 2.66. The van der Waals surface area contributed by atoms with E-state index in [0.717, 1.165) is 44.9 Å². The second-order valence-electron chi connectivity index (χ2n) is 10.8. The van der Waals surface area contributed by atoms with Crippen LogP contribution in [0.4, 0.5) is 0 Å². The van der Waals surface area contributed by atoms with Crippen LogP contribution in [0.1, 0.15) is 64.7 Å². The molecule has 0 aromatic rings. The molecule has 0 aromatic heterocycles. The van der Waals surface area contributed by atoms with Gasteiger partial charge in [-0.3, -0.25) is 14.4 Å². The predicted octanol–water partition coefficient (Wildman–Crippen LogP) is 3.23. The lowest BCUT2D eigenvalue weighted by atomic mass is 9.70. The largest absolute Gasteiger partial charge is 0.396 e. The summed E-state index contributed by atoms with van der Waals surface area (Å²) in [6, 6.07) is -0.418. The van der Waals surface area contributed by atoms with Gasteiger partial charge in [-0.1, -0.05) is 38.3 Å². The number of nitrogens with zero attached hydrogens (tertiary/aromatic N) is 3. The van der Waals surface area contributed by atoms with E-state index in [1.54, 1.807) is 28.8 Å². The lowest BCUT2D eigenvalue weighted by Crippen LogP contribution is -2.57. The highest BCUT2D eigenvalue weighted by Gasteiger charge is 2.74. The Kier molecular flexibility index (Phi) is 8.87. The number of likely N-dealkylation sites (tertiary alicyclic amines) is 1. The average Bonchev–Trinajstić information content (AvgIpc) is 3.53. The van der Waals surface area contributed by atoms with Crippen molar-refractivity contribution in [3.8, 4) is 0 Å². The van der Waals surface area contributed by atoms with Gasteiger partial charge >= 0.3 is 0 Å². The third-order valence-corrected chi connectivity index (χ3v) is 10.6. The van der Waals surface area contributed by atoms with Crippen molar-refractivity contribution < 1.29 is 19.5 Å². The fourth-order valence-electron chi connectivity index (χ4n) is 7.23. The Bertz CT molecular complexity index is 860. The summed E-state index contributed by atoms with van der Waals surface area (Å²) in [7, 11) is 0. The molecule has 4 fully saturated rings. The van der Waals surface area contributed by atoms with E-state index in [4.69, 9.17) is 0 Å². The molecule has 3 heterocycles. The normalized spacial score (nSPS) is 31.4. The van der Waals surface area contributed by atoms with E-state index >= 15 is 0 Å². The third-order valence-electron chi connectivity index (χ3n) is 8.66. The number of hydrogen-bond acceptors (Lipinski definition) is 5. The molecule has 2 bridgehead atoms. The first-order valence-electron chi connectivity index (χ1n) is 13.8. The van der Waals surface area contributed by atoms with Crippen molar-refractivity contribution in [2.24, 2.45) is 11.8 Å². The summed E-state index contributed by atoms with van der Waals surface area (Å²) in [5.74, 6) is -0.928. The molecule has 1 saturated carbocycles. The summed E-state index contributed by atoms with van der Waals surface area (Å²) >= 11 is 1.73. The minimum atomic E-state index is -0.588. The molecule has 200 valence electrons. The number of hydrogen-bond donors (Lipinski definition) is 1. The Morgan fingerprint density at radius 2 is 1.86 bits per heavy atom. The minimum absolute atomic E-state index is 0.00773. The molecule has 1 aliphatic carbocycles. The van der Waals surface area contributed by atoms with Gasteiger partial charge in [0.1, 0.15) is 6.04 Å². The van der Waals surface area contributed by atoms with Gasteiger partial charge < -0.3 is 19.8 Å². The summed E-state index contributed by atoms with van der Waals surface area (Å²) in [6.45, 7) is 11.7. The van der Waals surface area contributed by atoms with E-state index in [2.05, 4.69) is 13.2 Å². The van der Waals surface area contributed by atoms with Crippen LogP contribution in [-0.4, -0.2) is 92.4 Å². The maximum absolute atomic E-state index is 14.4. The molecule has 3 saturated heterocycles. The first-order chi connectivity index (χ1) is 17.4. The second kappa shape index (κ2) is 11.7. The molecule has 1 N–H and O–H groups in total. The van der Waals surface area contributed by atoms with Gasteiger partial charge in [0.2, 0.25) is 17.7 Å². The van der Waals surface area contributed by atoms with Gasteiger partial charge in [-0.15, -0.1) is 24.9 Å². The lowest BCUT2D eigenvalue weighted by Gasteiger charge is -2.41. The van der Waals surface area contributed by atoms with Crippen molar-refractivity contribution in [1.29, 1.82) is 0 Å². The fraction of sp³-hybridized carbons (Fsp3) is 0.750. The summed E-state index contributed by atoms with van der Waals surface area (Å²) in [5, 5.41) is 9.64. The number of aliphatic hydroxyl groups excluding tert-OH is 1. The van der Waals surface area contributed by atoms with Crippen molar-refractivity contribution in [3.63, 3.8) is 0 Å². The summed E-state index contributed by atoms with van der Waals surface area (Å²) in [6.07, 6.45) is 11.8. The van der Waals surface area contributed by atoms with Crippen LogP contribution in [-0.2, 0) is 14.4 Å². The van der Waals surface area contributed by atoms with Gasteiger partial charge in [0.25, 0.3) is 0 Å². The van der Waals surface area contributed by atoms with Gasteiger partial charge in [0.05, 0.1) is 16.6 Å². The maximum Gasteiger partial charge on any atom is 0.247 e. The van der Waals surface area contributed by atoms with Gasteiger partial charge in [0, 0.05) is 44.1 Å². The standard InChI is InChI=1S/C28H43N3O4S/c1-4-15-29(16-5-2)25(33)22-21-13-14-28(36-21)23(22)26(34)31(18-10-19-32)24(28)27(35)30(17-6-3)20-11-8-7-9-12-20/h4,6,20-24,32H,1,3,5,7-19H2,2H3/t21-,22+,23+,24?,28?/m1/s1. The first-order valence-corrected chi connectivity index (χ1v) is 14.7. The summed E-state index contributed by atoms with van der Waals surface area (Å²) < 4.78 is -0.575. The zero-order valence-electron chi connectivity index (χ0n) is 21.8. The SMILES string of the molecule is C=CCN(CCC)C(=O)[C@@H]1[C@H]2C(=O)N(CCCO)C(C(=O)N(CC=C)C3CCCCC3)C23CC[C@H]1S3. The van der Waals surface area contributed by atoms with Crippen LogP contribution in [0.5, 0.6) is 0 Å². The molecule has 2 unspecified atom stereocenters. The average molecular weight is 518 g/mol. The van der Waals surface area contributed by atoms with Crippen LogP contribution in [0.2, 0.25) is 0 Å². The number of fused-ring (bicyclic) bond motifs is 1. The van der Waals surface area contributed by atoms with Crippen LogP contribution < -0.4 is 0 Å². The molecule has 0 radical (unpaired) electrons.